The van der Waals surface area contributed by atoms with Gasteiger partial charge in [0.1, 0.15) is 6.61 Å². The summed E-state index contributed by atoms with van der Waals surface area (Å²) in [5.74, 6) is -0.00843. The molecule has 0 bridgehead atoms. The van der Waals surface area contributed by atoms with Crippen molar-refractivity contribution in [3.63, 3.8) is 0 Å². The highest BCUT2D eigenvalue weighted by Gasteiger charge is 2.71. The largest absolute Gasteiger partial charge is 0.458 e. The Morgan fingerprint density at radius 2 is 1.91 bits per heavy atom. The van der Waals surface area contributed by atoms with Gasteiger partial charge in [-0.25, -0.2) is 4.79 Å². The Bertz CT molecular complexity index is 858. The third-order valence-electron chi connectivity index (χ3n) is 10.4. The predicted octanol–water partition coefficient (Wildman–Crippen LogP) is 2.15. The molecular weight excluding hydrogens is 422 g/mol. The smallest absolute Gasteiger partial charge is 0.331 e. The number of cyclic esters (lactones) is 1. The molecule has 184 valence electrons. The van der Waals surface area contributed by atoms with Crippen molar-refractivity contribution in [3.8, 4) is 0 Å². The topological polar surface area (TPSA) is 120 Å². The molecule has 0 aromatic rings. The molecule has 0 aromatic carbocycles. The van der Waals surface area contributed by atoms with E-state index < -0.39 is 22.7 Å². The summed E-state index contributed by atoms with van der Waals surface area (Å²) in [6, 6.07) is 0. The predicted molar refractivity (Wildman–Crippen MR) is 123 cm³/mol. The minimum atomic E-state index is -1.02. The molecular formula is C26H39NO6. The number of aliphatic imine (C=N–C) groups is 1. The molecule has 7 nitrogen and oxygen atoms in total. The first kappa shape index (κ1) is 23.5. The van der Waals surface area contributed by atoms with E-state index in [0.29, 0.717) is 51.7 Å². The van der Waals surface area contributed by atoms with Gasteiger partial charge in [0.2, 0.25) is 0 Å². The van der Waals surface area contributed by atoms with Crippen molar-refractivity contribution >= 4 is 12.2 Å². The van der Waals surface area contributed by atoms with Crippen LogP contribution < -0.4 is 0 Å². The Labute approximate surface area is 195 Å². The van der Waals surface area contributed by atoms with Gasteiger partial charge in [0.05, 0.1) is 17.3 Å². The van der Waals surface area contributed by atoms with Crippen LogP contribution in [0.2, 0.25) is 0 Å². The van der Waals surface area contributed by atoms with Crippen LogP contribution in [-0.4, -0.2) is 69.7 Å². The van der Waals surface area contributed by atoms with Crippen molar-refractivity contribution in [2.75, 3.05) is 19.8 Å². The average molecular weight is 462 g/mol. The van der Waals surface area contributed by atoms with E-state index >= 15 is 0 Å². The fraction of sp³-hybridized carbons (Fsp3) is 0.846. The molecule has 4 aliphatic carbocycles. The number of carbonyl (C=O) groups excluding carboxylic acids is 1. The molecule has 4 fully saturated rings. The van der Waals surface area contributed by atoms with Crippen LogP contribution in [0.15, 0.2) is 16.6 Å². The van der Waals surface area contributed by atoms with Gasteiger partial charge in [0, 0.05) is 42.7 Å². The molecule has 5 rings (SSSR count). The summed E-state index contributed by atoms with van der Waals surface area (Å²) in [5, 5.41) is 43.9. The van der Waals surface area contributed by atoms with Crippen LogP contribution in [0, 0.1) is 28.6 Å². The van der Waals surface area contributed by atoms with Crippen molar-refractivity contribution in [2.24, 2.45) is 33.6 Å². The summed E-state index contributed by atoms with van der Waals surface area (Å²) >= 11 is 0. The minimum absolute atomic E-state index is 0.0414. The highest BCUT2D eigenvalue weighted by Crippen LogP contribution is 2.70. The zero-order valence-electron chi connectivity index (χ0n) is 19.7. The van der Waals surface area contributed by atoms with E-state index in [9.17, 15) is 25.2 Å². The van der Waals surface area contributed by atoms with Crippen LogP contribution in [0.1, 0.15) is 71.1 Å². The first-order chi connectivity index (χ1) is 15.7. The van der Waals surface area contributed by atoms with Gasteiger partial charge in [-0.05, 0) is 81.1 Å². The van der Waals surface area contributed by atoms with Crippen molar-refractivity contribution in [3.05, 3.63) is 11.6 Å². The molecule has 5 unspecified atom stereocenters. The summed E-state index contributed by atoms with van der Waals surface area (Å²) in [7, 11) is 0. The fourth-order valence-electron chi connectivity index (χ4n) is 8.75. The molecule has 0 aromatic heterocycles. The Kier molecular flexibility index (Phi) is 5.79. The molecule has 4 N–H and O–H groups in total. The van der Waals surface area contributed by atoms with Gasteiger partial charge in [-0.15, -0.1) is 0 Å². The van der Waals surface area contributed by atoms with Gasteiger partial charge in [-0.1, -0.05) is 6.92 Å². The van der Waals surface area contributed by atoms with E-state index in [1.165, 1.54) is 0 Å². The summed E-state index contributed by atoms with van der Waals surface area (Å²) < 4.78 is 5.21. The van der Waals surface area contributed by atoms with Crippen LogP contribution in [0.3, 0.4) is 0 Å². The summed E-state index contributed by atoms with van der Waals surface area (Å²) in [4.78, 5) is 16.4. The molecule has 1 heterocycles. The zero-order valence-corrected chi connectivity index (χ0v) is 19.7. The molecule has 4 saturated carbocycles. The van der Waals surface area contributed by atoms with Gasteiger partial charge in [-0.2, -0.15) is 0 Å². The maximum absolute atomic E-state index is 12.4. The van der Waals surface area contributed by atoms with Gasteiger partial charge >= 0.3 is 5.97 Å². The number of aliphatic hydroxyl groups is 4. The first-order valence-corrected chi connectivity index (χ1v) is 12.8. The van der Waals surface area contributed by atoms with Gasteiger partial charge in [0.15, 0.2) is 0 Å². The Morgan fingerprint density at radius 1 is 1.12 bits per heavy atom. The van der Waals surface area contributed by atoms with Crippen molar-refractivity contribution in [1.82, 2.24) is 0 Å². The molecule has 33 heavy (non-hydrogen) atoms. The Hall–Kier alpha value is -1.28. The number of hydrogen-bond acceptors (Lipinski definition) is 7. The van der Waals surface area contributed by atoms with Gasteiger partial charge in [0.25, 0.3) is 0 Å². The van der Waals surface area contributed by atoms with Crippen LogP contribution in [-0.2, 0) is 9.53 Å². The van der Waals surface area contributed by atoms with E-state index in [-0.39, 0.29) is 35.7 Å². The maximum atomic E-state index is 12.4. The first-order valence-electron chi connectivity index (χ1n) is 12.8. The van der Waals surface area contributed by atoms with E-state index in [2.05, 4.69) is 11.9 Å². The molecule has 0 saturated heterocycles. The number of carbonyl (C=O) groups is 1. The number of fused-ring (bicyclic) bond motifs is 5. The highest BCUT2D eigenvalue weighted by atomic mass is 16.5. The molecule has 5 aliphatic rings. The normalized spacial score (nSPS) is 49.4. The summed E-state index contributed by atoms with van der Waals surface area (Å²) in [6.45, 7) is 3.13. The molecule has 0 amide bonds. The number of aliphatic hydroxyl groups excluding tert-OH is 2. The number of ether oxygens (including phenoxy) is 1. The summed E-state index contributed by atoms with van der Waals surface area (Å²) in [6.07, 6.45) is 9.83. The second-order valence-electron chi connectivity index (χ2n) is 11.6. The number of rotatable bonds is 5. The van der Waals surface area contributed by atoms with E-state index in [0.717, 1.165) is 31.3 Å². The second kappa shape index (κ2) is 8.14. The van der Waals surface area contributed by atoms with E-state index in [4.69, 9.17) is 4.74 Å². The molecule has 0 spiro atoms. The minimum Gasteiger partial charge on any atom is -0.458 e. The third-order valence-corrected chi connectivity index (χ3v) is 10.4. The quantitative estimate of drug-likeness (QED) is 0.283. The number of hydrogen-bond donors (Lipinski definition) is 4. The molecule has 0 radical (unpaired) electrons. The average Bonchev–Trinajstić information content (AvgIpc) is 3.31. The second-order valence-corrected chi connectivity index (χ2v) is 11.6. The summed E-state index contributed by atoms with van der Waals surface area (Å²) in [5.41, 5.74) is -1.76. The molecule has 7 heteroatoms. The number of esters is 1. The zero-order chi connectivity index (χ0) is 23.5. The fourth-order valence-corrected chi connectivity index (χ4v) is 8.75. The van der Waals surface area contributed by atoms with Crippen molar-refractivity contribution in [1.29, 1.82) is 0 Å². The standard InChI is InChI=1S/C26H39NO6/c1-23-7-4-20-21(26(23,32)10-6-19(23)17-13-22(30)33-15-17)5-9-25(31)14-18(29)3-8-24(20,25)16-27-11-2-12-28/h13,16,18-21,28-29,31-32H,2-12,14-15H2,1H3/t18?,19?,20-,21?,23+,24-,25?,26?/m0/s1. The maximum Gasteiger partial charge on any atom is 0.331 e. The van der Waals surface area contributed by atoms with Crippen LogP contribution in [0.4, 0.5) is 0 Å². The van der Waals surface area contributed by atoms with Gasteiger partial charge < -0.3 is 25.2 Å². The van der Waals surface area contributed by atoms with Crippen molar-refractivity contribution in [2.45, 2.75) is 88.4 Å². The van der Waals surface area contributed by atoms with Gasteiger partial charge in [-0.3, -0.25) is 4.99 Å². The van der Waals surface area contributed by atoms with Crippen LogP contribution >= 0.6 is 0 Å². The molecule has 8 atom stereocenters. The Balaban J connectivity index is 1.50. The van der Waals surface area contributed by atoms with E-state index in [1.807, 2.05) is 6.21 Å². The lowest BCUT2D eigenvalue weighted by molar-refractivity contribution is -0.237. The van der Waals surface area contributed by atoms with E-state index in [1.54, 1.807) is 6.08 Å². The lowest BCUT2D eigenvalue weighted by atomic mass is 9.41. The van der Waals surface area contributed by atoms with Crippen LogP contribution in [0.5, 0.6) is 0 Å². The monoisotopic (exact) mass is 461 g/mol. The third kappa shape index (κ3) is 3.29. The van der Waals surface area contributed by atoms with Crippen molar-refractivity contribution < 1.29 is 30.0 Å². The van der Waals surface area contributed by atoms with Crippen LogP contribution in [0.25, 0.3) is 0 Å². The lowest BCUT2D eigenvalue weighted by Gasteiger charge is -2.65. The Morgan fingerprint density at radius 3 is 2.64 bits per heavy atom. The molecule has 1 aliphatic heterocycles. The lowest BCUT2D eigenvalue weighted by Crippen LogP contribution is -2.68. The highest BCUT2D eigenvalue weighted by molar-refractivity contribution is 5.85. The SMILES string of the molecule is C[C@]12CC[C@H]3C(CCC4(O)CC(O)CC[C@]34C=NCCCO)C1(O)CCC2C1=CC(=O)OC1. The number of nitrogens with zero attached hydrogens (tertiary/aromatic N) is 1.